The van der Waals surface area contributed by atoms with Crippen molar-refractivity contribution in [2.45, 2.75) is 19.5 Å². The minimum absolute atomic E-state index is 0.0392. The average molecular weight is 349 g/mol. The Balaban J connectivity index is 1.35. The number of imidazole rings is 1. The van der Waals surface area contributed by atoms with Gasteiger partial charge in [0.05, 0.1) is 42.9 Å². The predicted molar refractivity (Wildman–Crippen MR) is 98.8 cm³/mol. The van der Waals surface area contributed by atoms with E-state index in [0.29, 0.717) is 19.5 Å². The van der Waals surface area contributed by atoms with Crippen molar-refractivity contribution in [2.24, 2.45) is 0 Å². The number of rotatable bonds is 6. The highest BCUT2D eigenvalue weighted by molar-refractivity contribution is 5.81. The summed E-state index contributed by atoms with van der Waals surface area (Å²) in [5.74, 6) is 1.50. The third kappa shape index (κ3) is 3.23. The Kier molecular flexibility index (Phi) is 4.27. The molecule has 1 amide bonds. The van der Waals surface area contributed by atoms with Crippen LogP contribution in [0.3, 0.4) is 0 Å². The van der Waals surface area contributed by atoms with E-state index in [4.69, 9.17) is 4.74 Å². The first-order valence-electron chi connectivity index (χ1n) is 8.43. The Labute approximate surface area is 150 Å². The largest absolute Gasteiger partial charge is 0.497 e. The van der Waals surface area contributed by atoms with Gasteiger partial charge in [0.25, 0.3) is 0 Å². The molecule has 0 saturated carbocycles. The molecule has 4 aromatic rings. The number of hydrogen-bond donors (Lipinski definition) is 2. The van der Waals surface area contributed by atoms with Crippen LogP contribution in [0.25, 0.3) is 21.9 Å². The van der Waals surface area contributed by atoms with Gasteiger partial charge in [-0.3, -0.25) is 9.48 Å². The fourth-order valence-electron chi connectivity index (χ4n) is 2.94. The summed E-state index contributed by atoms with van der Waals surface area (Å²) in [5.41, 5.74) is 2.85. The molecular weight excluding hydrogens is 330 g/mol. The van der Waals surface area contributed by atoms with Gasteiger partial charge in [-0.15, -0.1) is 0 Å². The molecule has 2 N–H and O–H groups in total. The van der Waals surface area contributed by atoms with E-state index in [-0.39, 0.29) is 5.91 Å². The van der Waals surface area contributed by atoms with E-state index < -0.39 is 0 Å². The number of benzene rings is 2. The summed E-state index contributed by atoms with van der Waals surface area (Å²) in [7, 11) is 1.64. The van der Waals surface area contributed by atoms with Crippen molar-refractivity contribution in [2.75, 3.05) is 7.11 Å². The van der Waals surface area contributed by atoms with Crippen molar-refractivity contribution < 1.29 is 9.53 Å². The van der Waals surface area contributed by atoms with Crippen LogP contribution < -0.4 is 10.1 Å². The van der Waals surface area contributed by atoms with E-state index in [1.54, 1.807) is 13.3 Å². The molecular formula is C19H19N5O2. The summed E-state index contributed by atoms with van der Waals surface area (Å²) in [4.78, 5) is 19.8. The second kappa shape index (κ2) is 6.87. The van der Waals surface area contributed by atoms with Crippen molar-refractivity contribution in [3.05, 3.63) is 54.5 Å². The molecule has 0 atom stereocenters. The Hall–Kier alpha value is -3.35. The van der Waals surface area contributed by atoms with Gasteiger partial charge in [-0.05, 0) is 30.3 Å². The lowest BCUT2D eigenvalue weighted by atomic mass is 10.2. The summed E-state index contributed by atoms with van der Waals surface area (Å²) in [6.45, 7) is 0.895. The van der Waals surface area contributed by atoms with E-state index in [1.165, 1.54) is 0 Å². The number of hydrogen-bond acceptors (Lipinski definition) is 4. The van der Waals surface area contributed by atoms with Gasteiger partial charge in [-0.2, -0.15) is 5.10 Å². The van der Waals surface area contributed by atoms with E-state index in [9.17, 15) is 4.79 Å². The number of amides is 1. The molecule has 26 heavy (non-hydrogen) atoms. The summed E-state index contributed by atoms with van der Waals surface area (Å²) in [6, 6.07) is 13.6. The second-order valence-electron chi connectivity index (χ2n) is 6.02. The lowest BCUT2D eigenvalue weighted by Crippen LogP contribution is -2.24. The normalized spacial score (nSPS) is 11.1. The first kappa shape index (κ1) is 16.1. The van der Waals surface area contributed by atoms with Crippen LogP contribution in [0.5, 0.6) is 5.75 Å². The SMILES string of the molecule is COc1ccc2c(cnn2CCC(=O)NCc2nc3ccccc3[nH]2)c1. The zero-order chi connectivity index (χ0) is 17.9. The van der Waals surface area contributed by atoms with E-state index in [2.05, 4.69) is 20.4 Å². The van der Waals surface area contributed by atoms with E-state index >= 15 is 0 Å². The average Bonchev–Trinajstić information content (AvgIpc) is 3.27. The van der Waals surface area contributed by atoms with Gasteiger partial charge in [-0.1, -0.05) is 12.1 Å². The molecule has 0 unspecified atom stereocenters. The minimum atomic E-state index is -0.0392. The highest BCUT2D eigenvalue weighted by Gasteiger charge is 2.08. The van der Waals surface area contributed by atoms with Gasteiger partial charge in [-0.25, -0.2) is 4.98 Å². The summed E-state index contributed by atoms with van der Waals surface area (Å²) < 4.78 is 7.04. The van der Waals surface area contributed by atoms with E-state index in [1.807, 2.05) is 47.1 Å². The molecule has 2 aromatic carbocycles. The number of nitrogens with zero attached hydrogens (tertiary/aromatic N) is 3. The molecule has 0 aliphatic rings. The molecule has 4 rings (SSSR count). The minimum Gasteiger partial charge on any atom is -0.497 e. The van der Waals surface area contributed by atoms with Crippen LogP contribution in [0.4, 0.5) is 0 Å². The maximum Gasteiger partial charge on any atom is 0.222 e. The summed E-state index contributed by atoms with van der Waals surface area (Å²) in [6.07, 6.45) is 2.13. The van der Waals surface area contributed by atoms with Crippen LogP contribution in [0.15, 0.2) is 48.7 Å². The maximum atomic E-state index is 12.1. The summed E-state index contributed by atoms with van der Waals surface area (Å²) >= 11 is 0. The van der Waals surface area contributed by atoms with Gasteiger partial charge < -0.3 is 15.0 Å². The van der Waals surface area contributed by atoms with Crippen LogP contribution >= 0.6 is 0 Å². The van der Waals surface area contributed by atoms with Crippen molar-refractivity contribution in [3.8, 4) is 5.75 Å². The van der Waals surface area contributed by atoms with Crippen LogP contribution in [-0.2, 0) is 17.9 Å². The smallest absolute Gasteiger partial charge is 0.222 e. The van der Waals surface area contributed by atoms with Crippen molar-refractivity contribution in [1.29, 1.82) is 0 Å². The van der Waals surface area contributed by atoms with Gasteiger partial charge in [0, 0.05) is 11.8 Å². The zero-order valence-electron chi connectivity index (χ0n) is 14.4. The number of aryl methyl sites for hydroxylation is 1. The molecule has 2 heterocycles. The Morgan fingerprint density at radius 3 is 3.00 bits per heavy atom. The number of methoxy groups -OCH3 is 1. The van der Waals surface area contributed by atoms with Crippen molar-refractivity contribution >= 4 is 27.8 Å². The first-order valence-corrected chi connectivity index (χ1v) is 8.43. The fraction of sp³-hybridized carbons (Fsp3) is 0.211. The molecule has 0 spiro atoms. The Morgan fingerprint density at radius 2 is 2.15 bits per heavy atom. The lowest BCUT2D eigenvalue weighted by Gasteiger charge is -2.05. The molecule has 132 valence electrons. The maximum absolute atomic E-state index is 12.1. The zero-order valence-corrected chi connectivity index (χ0v) is 14.4. The number of fused-ring (bicyclic) bond motifs is 2. The number of H-pyrrole nitrogens is 1. The third-order valence-corrected chi connectivity index (χ3v) is 4.29. The standard InChI is InChI=1S/C19H19N5O2/c1-26-14-6-7-17-13(10-14)11-21-24(17)9-8-19(25)20-12-18-22-15-4-2-3-5-16(15)23-18/h2-7,10-11H,8-9,12H2,1H3,(H,20,25)(H,22,23). The number of para-hydroxylation sites is 2. The van der Waals surface area contributed by atoms with Crippen molar-refractivity contribution in [3.63, 3.8) is 0 Å². The molecule has 0 fully saturated rings. The lowest BCUT2D eigenvalue weighted by molar-refractivity contribution is -0.121. The second-order valence-corrected chi connectivity index (χ2v) is 6.02. The quantitative estimate of drug-likeness (QED) is 0.560. The predicted octanol–water partition coefficient (Wildman–Crippen LogP) is 2.63. The molecule has 0 radical (unpaired) electrons. The van der Waals surface area contributed by atoms with Gasteiger partial charge >= 0.3 is 0 Å². The molecule has 0 aliphatic carbocycles. The summed E-state index contributed by atoms with van der Waals surface area (Å²) in [5, 5.41) is 8.24. The highest BCUT2D eigenvalue weighted by Crippen LogP contribution is 2.20. The topological polar surface area (TPSA) is 84.8 Å². The van der Waals surface area contributed by atoms with Crippen LogP contribution in [0, 0.1) is 0 Å². The van der Waals surface area contributed by atoms with Gasteiger partial charge in [0.1, 0.15) is 11.6 Å². The Bertz CT molecular complexity index is 1030. The Morgan fingerprint density at radius 1 is 1.27 bits per heavy atom. The molecule has 0 bridgehead atoms. The molecule has 0 saturated heterocycles. The van der Waals surface area contributed by atoms with Gasteiger partial charge in [0.2, 0.25) is 5.91 Å². The molecule has 7 heteroatoms. The number of carbonyl (C=O) groups is 1. The number of ether oxygens (including phenoxy) is 1. The molecule has 2 aromatic heterocycles. The van der Waals surface area contributed by atoms with Gasteiger partial charge in [0.15, 0.2) is 0 Å². The third-order valence-electron chi connectivity index (χ3n) is 4.29. The van der Waals surface area contributed by atoms with E-state index in [0.717, 1.165) is 33.5 Å². The molecule has 7 nitrogen and oxygen atoms in total. The van der Waals surface area contributed by atoms with Crippen molar-refractivity contribution in [1.82, 2.24) is 25.1 Å². The fourth-order valence-corrected chi connectivity index (χ4v) is 2.94. The number of nitrogens with one attached hydrogen (secondary N) is 2. The number of carbonyl (C=O) groups excluding carboxylic acids is 1. The first-order chi connectivity index (χ1) is 12.7. The van der Waals surface area contributed by atoms with Crippen LogP contribution in [0.2, 0.25) is 0 Å². The monoisotopic (exact) mass is 349 g/mol. The number of aromatic amines is 1. The highest BCUT2D eigenvalue weighted by atomic mass is 16.5. The van der Waals surface area contributed by atoms with Crippen LogP contribution in [-0.4, -0.2) is 32.8 Å². The number of aromatic nitrogens is 4. The van der Waals surface area contributed by atoms with Crippen LogP contribution in [0.1, 0.15) is 12.2 Å². The molecule has 0 aliphatic heterocycles.